The van der Waals surface area contributed by atoms with E-state index in [1.54, 1.807) is 19.1 Å². The molecule has 8 nitrogen and oxygen atoms in total. The monoisotopic (exact) mass is 378 g/mol. The predicted octanol–water partition coefficient (Wildman–Crippen LogP) is 2.58. The maximum Gasteiger partial charge on any atom is 0.273 e. The van der Waals surface area contributed by atoms with Gasteiger partial charge in [-0.2, -0.15) is 0 Å². The molecule has 1 amide bonds. The summed E-state index contributed by atoms with van der Waals surface area (Å²) in [4.78, 5) is 22.6. The molecule has 2 aromatic carbocycles. The molecule has 1 N–H and O–H groups in total. The molecular weight excluding hydrogens is 360 g/mol. The highest BCUT2D eigenvalue weighted by Gasteiger charge is 2.15. The van der Waals surface area contributed by atoms with E-state index >= 15 is 0 Å². The highest BCUT2D eigenvalue weighted by atomic mass is 32.2. The van der Waals surface area contributed by atoms with E-state index in [9.17, 15) is 23.3 Å². The number of hydrogen-bond acceptors (Lipinski definition) is 6. The average Bonchev–Trinajstić information content (AvgIpc) is 2.62. The molecule has 0 atom stereocenters. The van der Waals surface area contributed by atoms with Gasteiger partial charge in [0.25, 0.3) is 5.69 Å². The van der Waals surface area contributed by atoms with E-state index < -0.39 is 14.8 Å². The Morgan fingerprint density at radius 2 is 1.85 bits per heavy atom. The van der Waals surface area contributed by atoms with Crippen molar-refractivity contribution in [3.63, 3.8) is 0 Å². The number of carbonyl (C=O) groups excluding carboxylic acids is 1. The van der Waals surface area contributed by atoms with Gasteiger partial charge in [-0.1, -0.05) is 19.1 Å². The Morgan fingerprint density at radius 1 is 1.19 bits per heavy atom. The summed E-state index contributed by atoms with van der Waals surface area (Å²) in [5.74, 6) is -0.174. The van der Waals surface area contributed by atoms with Crippen LogP contribution in [0.25, 0.3) is 0 Å². The minimum absolute atomic E-state index is 0.00672. The van der Waals surface area contributed by atoms with Gasteiger partial charge in [0.2, 0.25) is 5.91 Å². The summed E-state index contributed by atoms with van der Waals surface area (Å²) in [5.41, 5.74) is 0.805. The third kappa shape index (κ3) is 4.57. The Bertz CT molecular complexity index is 923. The van der Waals surface area contributed by atoms with Gasteiger partial charge in [-0.15, -0.1) is 0 Å². The number of methoxy groups -OCH3 is 1. The molecule has 0 unspecified atom stereocenters. The molecule has 0 aliphatic rings. The van der Waals surface area contributed by atoms with Crippen molar-refractivity contribution >= 4 is 27.1 Å². The van der Waals surface area contributed by atoms with E-state index in [1.165, 1.54) is 37.4 Å². The minimum Gasteiger partial charge on any atom is -0.494 e. The van der Waals surface area contributed by atoms with Crippen LogP contribution in [0.1, 0.15) is 12.5 Å². The number of carbonyl (C=O) groups is 1. The lowest BCUT2D eigenvalue weighted by Crippen LogP contribution is -2.15. The zero-order valence-electron chi connectivity index (χ0n) is 14.3. The second-order valence-electron chi connectivity index (χ2n) is 5.41. The van der Waals surface area contributed by atoms with Crippen LogP contribution in [0.15, 0.2) is 47.4 Å². The Kier molecular flexibility index (Phi) is 5.93. The lowest BCUT2D eigenvalue weighted by molar-refractivity contribution is -0.384. The number of nitrogens with zero attached hydrogens (tertiary/aromatic N) is 1. The van der Waals surface area contributed by atoms with Gasteiger partial charge >= 0.3 is 0 Å². The van der Waals surface area contributed by atoms with Crippen LogP contribution >= 0.6 is 0 Å². The molecular formula is C17H18N2O6S. The number of benzene rings is 2. The first-order valence-electron chi connectivity index (χ1n) is 7.70. The molecule has 0 saturated heterocycles. The first-order chi connectivity index (χ1) is 12.3. The molecule has 0 radical (unpaired) electrons. The maximum atomic E-state index is 12.2. The number of nitro groups is 1. The number of nitrogens with one attached hydrogen (secondary N) is 1. The maximum absolute atomic E-state index is 12.2. The molecule has 26 heavy (non-hydrogen) atoms. The van der Waals surface area contributed by atoms with Crippen LogP contribution in [-0.4, -0.2) is 32.1 Å². The van der Waals surface area contributed by atoms with Gasteiger partial charge in [-0.3, -0.25) is 14.9 Å². The number of hydrogen-bond donors (Lipinski definition) is 1. The number of nitro benzene ring substituents is 1. The van der Waals surface area contributed by atoms with Crippen molar-refractivity contribution in [3.05, 3.63) is 58.1 Å². The van der Waals surface area contributed by atoms with Crippen LogP contribution in [0.3, 0.4) is 0 Å². The first-order valence-corrected chi connectivity index (χ1v) is 9.36. The summed E-state index contributed by atoms with van der Waals surface area (Å²) >= 11 is 0. The molecule has 0 bridgehead atoms. The topological polar surface area (TPSA) is 116 Å². The fraction of sp³-hybridized carbons (Fsp3) is 0.235. The summed E-state index contributed by atoms with van der Waals surface area (Å²) in [6.07, 6.45) is 0.0204. The summed E-state index contributed by atoms with van der Waals surface area (Å²) in [5, 5.41) is 13.4. The Labute approximate surface area is 150 Å². The second kappa shape index (κ2) is 7.96. The van der Waals surface area contributed by atoms with Crippen molar-refractivity contribution in [1.29, 1.82) is 0 Å². The fourth-order valence-electron chi connectivity index (χ4n) is 2.26. The van der Waals surface area contributed by atoms with Crippen molar-refractivity contribution in [3.8, 4) is 5.75 Å². The summed E-state index contributed by atoms with van der Waals surface area (Å²) in [6.45, 7) is 1.56. The van der Waals surface area contributed by atoms with Crippen LogP contribution in [0.4, 0.5) is 11.4 Å². The van der Waals surface area contributed by atoms with Crippen LogP contribution in [0, 0.1) is 10.1 Å². The van der Waals surface area contributed by atoms with Gasteiger partial charge in [-0.05, 0) is 23.8 Å². The van der Waals surface area contributed by atoms with Gasteiger partial charge in [-0.25, -0.2) is 8.42 Å². The molecule has 2 aromatic rings. The zero-order valence-corrected chi connectivity index (χ0v) is 15.1. The summed E-state index contributed by atoms with van der Waals surface area (Å²) in [6, 6.07) is 9.97. The van der Waals surface area contributed by atoms with Crippen molar-refractivity contribution < 1.29 is 22.9 Å². The Hall–Kier alpha value is -2.94. The largest absolute Gasteiger partial charge is 0.494 e. The molecule has 0 spiro atoms. The van der Waals surface area contributed by atoms with Crippen molar-refractivity contribution in [2.75, 3.05) is 18.2 Å². The molecule has 0 aliphatic heterocycles. The number of ether oxygens (including phenoxy) is 1. The Morgan fingerprint density at radius 3 is 2.38 bits per heavy atom. The highest BCUT2D eigenvalue weighted by molar-refractivity contribution is 7.91. The van der Waals surface area contributed by atoms with Gasteiger partial charge in [0, 0.05) is 6.07 Å². The minimum atomic E-state index is -3.28. The normalized spacial score (nSPS) is 11.0. The second-order valence-corrected chi connectivity index (χ2v) is 7.69. The van der Waals surface area contributed by atoms with Gasteiger partial charge in [0.15, 0.2) is 9.84 Å². The highest BCUT2D eigenvalue weighted by Crippen LogP contribution is 2.29. The number of non-ortho nitro benzene ring substituents is 1. The predicted molar refractivity (Wildman–Crippen MR) is 96.2 cm³/mol. The van der Waals surface area contributed by atoms with E-state index in [0.29, 0.717) is 11.3 Å². The Balaban J connectivity index is 2.10. The quantitative estimate of drug-likeness (QED) is 0.585. The number of anilines is 1. The van der Waals surface area contributed by atoms with Crippen LogP contribution in [0.5, 0.6) is 5.75 Å². The van der Waals surface area contributed by atoms with E-state index in [-0.39, 0.29) is 34.4 Å². The molecule has 0 heterocycles. The van der Waals surface area contributed by atoms with Crippen LogP contribution in [-0.2, 0) is 21.1 Å². The van der Waals surface area contributed by atoms with Crippen LogP contribution < -0.4 is 10.1 Å². The first kappa shape index (κ1) is 19.4. The fourth-order valence-corrected chi connectivity index (χ4v) is 3.14. The smallest absolute Gasteiger partial charge is 0.273 e. The lowest BCUT2D eigenvalue weighted by Gasteiger charge is -2.10. The summed E-state index contributed by atoms with van der Waals surface area (Å²) < 4.78 is 28.6. The van der Waals surface area contributed by atoms with Gasteiger partial charge in [0.05, 0.1) is 40.9 Å². The summed E-state index contributed by atoms with van der Waals surface area (Å²) in [7, 11) is -1.94. The molecule has 0 fully saturated rings. The SMILES string of the molecule is CCS(=O)(=O)c1ccc(CC(=O)Nc2ccc([N+](=O)[O-])cc2OC)cc1. The van der Waals surface area contributed by atoms with E-state index in [2.05, 4.69) is 5.32 Å². The van der Waals surface area contributed by atoms with E-state index in [4.69, 9.17) is 4.74 Å². The third-order valence-corrected chi connectivity index (χ3v) is 5.45. The van der Waals surface area contributed by atoms with Crippen molar-refractivity contribution in [2.24, 2.45) is 0 Å². The zero-order chi connectivity index (χ0) is 19.3. The van der Waals surface area contributed by atoms with E-state index in [1.807, 2.05) is 0 Å². The van der Waals surface area contributed by atoms with Gasteiger partial charge < -0.3 is 10.1 Å². The molecule has 0 aliphatic carbocycles. The third-order valence-electron chi connectivity index (χ3n) is 3.70. The van der Waals surface area contributed by atoms with Gasteiger partial charge in [0.1, 0.15) is 5.75 Å². The molecule has 2 rings (SSSR count). The van der Waals surface area contributed by atoms with Crippen molar-refractivity contribution in [2.45, 2.75) is 18.2 Å². The number of amides is 1. The number of rotatable bonds is 7. The molecule has 0 aromatic heterocycles. The molecule has 0 saturated carbocycles. The lowest BCUT2D eigenvalue weighted by atomic mass is 10.1. The van der Waals surface area contributed by atoms with Crippen LogP contribution in [0.2, 0.25) is 0 Å². The average molecular weight is 378 g/mol. The van der Waals surface area contributed by atoms with E-state index in [0.717, 1.165) is 0 Å². The molecule has 138 valence electrons. The molecule has 9 heteroatoms. The number of sulfone groups is 1. The standard InChI is InChI=1S/C17H18N2O6S/c1-3-26(23,24)14-7-4-12(5-8-14)10-17(20)18-15-9-6-13(19(21)22)11-16(15)25-2/h4-9,11H,3,10H2,1-2H3,(H,18,20). The van der Waals surface area contributed by atoms with Crippen molar-refractivity contribution in [1.82, 2.24) is 0 Å².